The first kappa shape index (κ1) is 34.0. The average Bonchev–Trinajstić information content (AvgIpc) is 2.97. The summed E-state index contributed by atoms with van der Waals surface area (Å²) in [5.41, 5.74) is 1.82. The maximum Gasteiger partial charge on any atom is 0.264 e. The van der Waals surface area contributed by atoms with Crippen molar-refractivity contribution in [3.05, 3.63) is 81.8 Å². The van der Waals surface area contributed by atoms with E-state index in [1.54, 1.807) is 49.4 Å². The van der Waals surface area contributed by atoms with Crippen LogP contribution in [0.3, 0.4) is 0 Å². The van der Waals surface area contributed by atoms with Gasteiger partial charge in [0.15, 0.2) is 11.5 Å². The number of ether oxygens (including phenoxy) is 2. The van der Waals surface area contributed by atoms with Gasteiger partial charge < -0.3 is 19.7 Å². The van der Waals surface area contributed by atoms with E-state index in [0.717, 1.165) is 9.87 Å². The summed E-state index contributed by atoms with van der Waals surface area (Å²) >= 11 is 12.4. The van der Waals surface area contributed by atoms with Gasteiger partial charge in [0, 0.05) is 18.7 Å². The maximum atomic E-state index is 14.2. The van der Waals surface area contributed by atoms with E-state index in [4.69, 9.17) is 32.7 Å². The third-order valence-electron chi connectivity index (χ3n) is 6.70. The third kappa shape index (κ3) is 8.34. The molecule has 0 saturated carbocycles. The van der Waals surface area contributed by atoms with Crippen LogP contribution in [0.25, 0.3) is 0 Å². The van der Waals surface area contributed by atoms with E-state index in [1.165, 1.54) is 37.3 Å². The number of hydrogen-bond acceptors (Lipinski definition) is 6. The summed E-state index contributed by atoms with van der Waals surface area (Å²) in [7, 11) is -1.44. The number of anilines is 1. The van der Waals surface area contributed by atoms with Gasteiger partial charge in [-0.05, 0) is 69.2 Å². The zero-order valence-electron chi connectivity index (χ0n) is 25.1. The number of nitrogens with one attached hydrogen (secondary N) is 1. The normalized spacial score (nSPS) is 12.0. The molecule has 0 bridgehead atoms. The van der Waals surface area contributed by atoms with E-state index in [2.05, 4.69) is 5.32 Å². The number of halogens is 2. The van der Waals surface area contributed by atoms with Crippen LogP contribution in [0.2, 0.25) is 10.0 Å². The summed E-state index contributed by atoms with van der Waals surface area (Å²) in [4.78, 5) is 28.7. The van der Waals surface area contributed by atoms with E-state index in [1.807, 2.05) is 20.8 Å². The van der Waals surface area contributed by atoms with Crippen LogP contribution in [0.4, 0.5) is 5.69 Å². The molecule has 0 aromatic heterocycles. The topological polar surface area (TPSA) is 105 Å². The summed E-state index contributed by atoms with van der Waals surface area (Å²) in [5.74, 6) is -0.359. The smallest absolute Gasteiger partial charge is 0.264 e. The number of methoxy groups -OCH3 is 2. The lowest BCUT2D eigenvalue weighted by Gasteiger charge is -2.33. The largest absolute Gasteiger partial charge is 0.493 e. The summed E-state index contributed by atoms with van der Waals surface area (Å²) in [6.07, 6.45) is 0.290. The molecule has 3 rings (SSSR count). The fourth-order valence-electron chi connectivity index (χ4n) is 4.48. The second-order valence-corrected chi connectivity index (χ2v) is 12.9. The van der Waals surface area contributed by atoms with Crippen molar-refractivity contribution in [1.29, 1.82) is 0 Å². The molecule has 0 heterocycles. The van der Waals surface area contributed by atoms with E-state index >= 15 is 0 Å². The number of benzene rings is 3. The van der Waals surface area contributed by atoms with Gasteiger partial charge in [0.25, 0.3) is 10.0 Å². The molecule has 3 aromatic rings. The molecule has 1 atom stereocenters. The van der Waals surface area contributed by atoms with Crippen LogP contribution < -0.4 is 19.1 Å². The summed E-state index contributed by atoms with van der Waals surface area (Å²) in [5, 5.41) is 3.51. The lowest BCUT2D eigenvalue weighted by atomic mass is 10.1. The van der Waals surface area contributed by atoms with Crippen molar-refractivity contribution in [1.82, 2.24) is 10.2 Å². The molecule has 0 aliphatic rings. The number of sulfonamides is 1. The van der Waals surface area contributed by atoms with Gasteiger partial charge in [-0.2, -0.15) is 0 Å². The number of rotatable bonds is 13. The molecule has 43 heavy (non-hydrogen) atoms. The van der Waals surface area contributed by atoms with Crippen molar-refractivity contribution in [3.63, 3.8) is 0 Å². The number of carbonyl (C=O) groups excluding carboxylic acids is 2. The Morgan fingerprint density at radius 2 is 1.56 bits per heavy atom. The van der Waals surface area contributed by atoms with Crippen LogP contribution in [0, 0.1) is 6.92 Å². The quantitative estimate of drug-likeness (QED) is 0.249. The Morgan fingerprint density at radius 3 is 2.12 bits per heavy atom. The van der Waals surface area contributed by atoms with Gasteiger partial charge in [0.05, 0.1) is 34.8 Å². The van der Waals surface area contributed by atoms with Crippen molar-refractivity contribution in [3.8, 4) is 11.5 Å². The highest BCUT2D eigenvalue weighted by Crippen LogP contribution is 2.33. The molecule has 12 heteroatoms. The van der Waals surface area contributed by atoms with Gasteiger partial charge in [-0.3, -0.25) is 13.9 Å². The van der Waals surface area contributed by atoms with Crippen molar-refractivity contribution in [2.75, 3.05) is 25.1 Å². The molecule has 0 spiro atoms. The predicted octanol–water partition coefficient (Wildman–Crippen LogP) is 5.85. The van der Waals surface area contributed by atoms with Crippen LogP contribution in [0.15, 0.2) is 65.6 Å². The summed E-state index contributed by atoms with van der Waals surface area (Å²) in [6, 6.07) is 14.9. The first-order valence-electron chi connectivity index (χ1n) is 13.7. The minimum absolute atomic E-state index is 0.00209. The van der Waals surface area contributed by atoms with Crippen LogP contribution in [0.1, 0.15) is 38.3 Å². The van der Waals surface area contributed by atoms with Crippen LogP contribution >= 0.6 is 23.2 Å². The Bertz CT molecular complexity index is 1550. The van der Waals surface area contributed by atoms with Crippen molar-refractivity contribution in [2.24, 2.45) is 0 Å². The number of amides is 2. The maximum absolute atomic E-state index is 14.2. The standard InChI is InChI=1S/C31H37Cl2N3O6S/c1-7-27(31(38)34-20(2)3)35(18-22-10-14-25(32)26(33)16-22)30(37)19-36(23-11-8-21(4)9-12-23)43(39,40)24-13-15-28(41-5)29(17-24)42-6/h8-17,20,27H,7,18-19H2,1-6H3,(H,34,38). The fourth-order valence-corrected chi connectivity index (χ4v) is 6.23. The Hall–Kier alpha value is -3.47. The van der Waals surface area contributed by atoms with E-state index in [9.17, 15) is 18.0 Å². The highest BCUT2D eigenvalue weighted by molar-refractivity contribution is 7.92. The molecule has 1 unspecified atom stereocenters. The van der Waals surface area contributed by atoms with Crippen LogP contribution in [0.5, 0.6) is 11.5 Å². The zero-order valence-corrected chi connectivity index (χ0v) is 27.4. The first-order chi connectivity index (χ1) is 20.3. The highest BCUT2D eigenvalue weighted by Gasteiger charge is 2.34. The SMILES string of the molecule is CCC(C(=O)NC(C)C)N(Cc1ccc(Cl)c(Cl)c1)C(=O)CN(c1ccc(C)cc1)S(=O)(=O)c1ccc(OC)c(OC)c1. The van der Waals surface area contributed by atoms with Gasteiger partial charge in [-0.15, -0.1) is 0 Å². The molecule has 0 fully saturated rings. The predicted molar refractivity (Wildman–Crippen MR) is 170 cm³/mol. The molecule has 0 saturated heterocycles. The van der Waals surface area contributed by atoms with Gasteiger partial charge in [0.1, 0.15) is 12.6 Å². The Balaban J connectivity index is 2.11. The van der Waals surface area contributed by atoms with E-state index < -0.39 is 28.5 Å². The second-order valence-electron chi connectivity index (χ2n) is 10.2. The van der Waals surface area contributed by atoms with Gasteiger partial charge in [-0.25, -0.2) is 8.42 Å². The monoisotopic (exact) mass is 649 g/mol. The Labute approximate surface area is 263 Å². The molecular formula is C31H37Cl2N3O6S. The number of carbonyl (C=O) groups is 2. The third-order valence-corrected chi connectivity index (χ3v) is 9.21. The molecule has 9 nitrogen and oxygen atoms in total. The van der Waals surface area contributed by atoms with Gasteiger partial charge in [-0.1, -0.05) is 53.9 Å². The van der Waals surface area contributed by atoms with Crippen molar-refractivity contribution < 1.29 is 27.5 Å². The molecule has 0 aliphatic carbocycles. The van der Waals surface area contributed by atoms with Gasteiger partial charge in [0.2, 0.25) is 11.8 Å². The summed E-state index contributed by atoms with van der Waals surface area (Å²) < 4.78 is 39.9. The molecule has 1 N–H and O–H groups in total. The van der Waals surface area contributed by atoms with Crippen molar-refractivity contribution in [2.45, 2.75) is 57.6 Å². The molecular weight excluding hydrogens is 613 g/mol. The highest BCUT2D eigenvalue weighted by atomic mass is 35.5. The Morgan fingerprint density at radius 1 is 0.907 bits per heavy atom. The van der Waals surface area contributed by atoms with Gasteiger partial charge >= 0.3 is 0 Å². The molecule has 0 aliphatic heterocycles. The van der Waals surface area contributed by atoms with E-state index in [-0.39, 0.29) is 34.8 Å². The summed E-state index contributed by atoms with van der Waals surface area (Å²) in [6.45, 7) is 6.73. The lowest BCUT2D eigenvalue weighted by molar-refractivity contribution is -0.140. The number of aryl methyl sites for hydroxylation is 1. The second kappa shape index (κ2) is 14.8. The lowest BCUT2D eigenvalue weighted by Crippen LogP contribution is -2.53. The molecule has 232 valence electrons. The molecule has 0 radical (unpaired) electrons. The van der Waals surface area contributed by atoms with Crippen LogP contribution in [-0.4, -0.2) is 58.0 Å². The Kier molecular flexibility index (Phi) is 11.7. The van der Waals surface area contributed by atoms with Crippen molar-refractivity contribution >= 4 is 50.7 Å². The van der Waals surface area contributed by atoms with Crippen LogP contribution in [-0.2, 0) is 26.2 Å². The molecule has 3 aromatic carbocycles. The minimum atomic E-state index is -4.30. The molecule has 2 amide bonds. The first-order valence-corrected chi connectivity index (χ1v) is 15.9. The number of nitrogens with zero attached hydrogens (tertiary/aromatic N) is 2. The fraction of sp³-hybridized carbons (Fsp3) is 0.355. The average molecular weight is 651 g/mol. The van der Waals surface area contributed by atoms with E-state index in [0.29, 0.717) is 27.8 Å². The minimum Gasteiger partial charge on any atom is -0.493 e. The zero-order chi connectivity index (χ0) is 31.9. The number of hydrogen-bond donors (Lipinski definition) is 1.